The lowest BCUT2D eigenvalue weighted by atomic mass is 10.1. The number of nitrogens with zero attached hydrogens (tertiary/aromatic N) is 2. The molecule has 1 aromatic carbocycles. The maximum absolute atomic E-state index is 12.2. The van der Waals surface area contributed by atoms with Gasteiger partial charge in [-0.25, -0.2) is 4.79 Å². The standard InChI is InChI=1S/C13H18N2O3/c1-14-8-10-6-4-5-7-11(10)15(13(14)16)9-12(17-2)18-3/h4-7,12H,8-9H2,1-3H3. The number of urea groups is 1. The number of hydrogen-bond acceptors (Lipinski definition) is 3. The normalized spacial score (nSPS) is 15.2. The van der Waals surface area contributed by atoms with Crippen molar-refractivity contribution in [2.45, 2.75) is 12.8 Å². The van der Waals surface area contributed by atoms with Crippen molar-refractivity contribution in [3.8, 4) is 0 Å². The zero-order valence-electron chi connectivity index (χ0n) is 10.9. The number of methoxy groups -OCH3 is 2. The smallest absolute Gasteiger partial charge is 0.324 e. The first kappa shape index (κ1) is 12.9. The Hall–Kier alpha value is -1.59. The number of anilines is 1. The molecule has 2 rings (SSSR count). The van der Waals surface area contributed by atoms with Gasteiger partial charge in [0.05, 0.1) is 12.2 Å². The molecule has 0 aliphatic carbocycles. The number of amides is 2. The topological polar surface area (TPSA) is 42.0 Å². The van der Waals surface area contributed by atoms with Crippen molar-refractivity contribution in [1.82, 2.24) is 4.90 Å². The van der Waals surface area contributed by atoms with Crippen LogP contribution in [0, 0.1) is 0 Å². The first-order valence-electron chi connectivity index (χ1n) is 5.83. The van der Waals surface area contributed by atoms with Crippen LogP contribution in [-0.4, -0.2) is 45.0 Å². The molecule has 0 bridgehead atoms. The molecule has 2 amide bonds. The van der Waals surface area contributed by atoms with Crippen LogP contribution in [0.2, 0.25) is 0 Å². The lowest BCUT2D eigenvalue weighted by Crippen LogP contribution is -2.48. The van der Waals surface area contributed by atoms with Crippen LogP contribution in [-0.2, 0) is 16.0 Å². The Kier molecular flexibility index (Phi) is 3.84. The molecule has 0 aromatic heterocycles. The third kappa shape index (κ3) is 2.32. The summed E-state index contributed by atoms with van der Waals surface area (Å²) in [5, 5.41) is 0. The summed E-state index contributed by atoms with van der Waals surface area (Å²) >= 11 is 0. The van der Waals surface area contributed by atoms with E-state index >= 15 is 0 Å². The van der Waals surface area contributed by atoms with E-state index in [1.165, 1.54) is 0 Å². The summed E-state index contributed by atoms with van der Waals surface area (Å²) in [6.07, 6.45) is -0.423. The average molecular weight is 250 g/mol. The number of carbonyl (C=O) groups excluding carboxylic acids is 1. The predicted octanol–water partition coefficient (Wildman–Crippen LogP) is 1.68. The van der Waals surface area contributed by atoms with Crippen LogP contribution in [0.1, 0.15) is 5.56 Å². The number of benzene rings is 1. The average Bonchev–Trinajstić information content (AvgIpc) is 2.40. The Morgan fingerprint density at radius 3 is 2.61 bits per heavy atom. The van der Waals surface area contributed by atoms with Crippen molar-refractivity contribution in [2.24, 2.45) is 0 Å². The van der Waals surface area contributed by atoms with Gasteiger partial charge >= 0.3 is 6.03 Å². The van der Waals surface area contributed by atoms with Gasteiger partial charge in [-0.1, -0.05) is 18.2 Å². The Morgan fingerprint density at radius 2 is 1.94 bits per heavy atom. The summed E-state index contributed by atoms with van der Waals surface area (Å²) in [6.45, 7) is 1.02. The van der Waals surface area contributed by atoms with E-state index in [-0.39, 0.29) is 6.03 Å². The first-order chi connectivity index (χ1) is 8.67. The van der Waals surface area contributed by atoms with Gasteiger partial charge in [-0.05, 0) is 11.6 Å². The molecule has 5 nitrogen and oxygen atoms in total. The van der Waals surface area contributed by atoms with Crippen LogP contribution >= 0.6 is 0 Å². The molecule has 18 heavy (non-hydrogen) atoms. The number of carbonyl (C=O) groups is 1. The van der Waals surface area contributed by atoms with Crippen LogP contribution in [0.4, 0.5) is 10.5 Å². The van der Waals surface area contributed by atoms with Crippen molar-refractivity contribution < 1.29 is 14.3 Å². The van der Waals surface area contributed by atoms with Gasteiger partial charge in [-0.2, -0.15) is 0 Å². The number of hydrogen-bond donors (Lipinski definition) is 0. The van der Waals surface area contributed by atoms with Crippen LogP contribution < -0.4 is 4.90 Å². The van der Waals surface area contributed by atoms with E-state index in [1.54, 1.807) is 31.1 Å². The number of fused-ring (bicyclic) bond motifs is 1. The van der Waals surface area contributed by atoms with Crippen molar-refractivity contribution in [2.75, 3.05) is 32.7 Å². The molecule has 0 saturated heterocycles. The maximum Gasteiger partial charge on any atom is 0.324 e. The van der Waals surface area contributed by atoms with Gasteiger partial charge in [0.1, 0.15) is 0 Å². The Morgan fingerprint density at radius 1 is 1.28 bits per heavy atom. The summed E-state index contributed by atoms with van der Waals surface area (Å²) in [7, 11) is 4.93. The van der Waals surface area contributed by atoms with Gasteiger partial charge in [0.25, 0.3) is 0 Å². The van der Waals surface area contributed by atoms with Gasteiger partial charge in [0, 0.05) is 27.8 Å². The summed E-state index contributed by atoms with van der Waals surface area (Å²) in [6, 6.07) is 7.85. The van der Waals surface area contributed by atoms with Gasteiger partial charge in [0.2, 0.25) is 0 Å². The molecular weight excluding hydrogens is 232 g/mol. The third-order valence-electron chi connectivity index (χ3n) is 3.10. The molecule has 0 spiro atoms. The van der Waals surface area contributed by atoms with Crippen molar-refractivity contribution in [3.63, 3.8) is 0 Å². The Bertz CT molecular complexity index is 432. The second kappa shape index (κ2) is 5.37. The van der Waals surface area contributed by atoms with Crippen molar-refractivity contribution >= 4 is 11.7 Å². The van der Waals surface area contributed by atoms with Crippen LogP contribution in [0.15, 0.2) is 24.3 Å². The molecule has 1 aromatic rings. The molecular formula is C13H18N2O3. The van der Waals surface area contributed by atoms with Gasteiger partial charge in [0.15, 0.2) is 6.29 Å². The molecule has 1 aliphatic heterocycles. The fourth-order valence-electron chi connectivity index (χ4n) is 2.11. The molecule has 0 radical (unpaired) electrons. The van der Waals surface area contributed by atoms with Crippen molar-refractivity contribution in [1.29, 1.82) is 0 Å². The summed E-state index contributed by atoms with van der Waals surface area (Å²) < 4.78 is 10.3. The van der Waals surface area contributed by atoms with E-state index in [1.807, 2.05) is 24.3 Å². The molecule has 0 N–H and O–H groups in total. The molecule has 0 unspecified atom stereocenters. The van der Waals surface area contributed by atoms with Gasteiger partial charge < -0.3 is 14.4 Å². The summed E-state index contributed by atoms with van der Waals surface area (Å²) in [4.78, 5) is 15.6. The third-order valence-corrected chi connectivity index (χ3v) is 3.10. The van der Waals surface area contributed by atoms with Crippen LogP contribution in [0.5, 0.6) is 0 Å². The summed E-state index contributed by atoms with van der Waals surface area (Å²) in [5.74, 6) is 0. The predicted molar refractivity (Wildman–Crippen MR) is 68.5 cm³/mol. The molecule has 0 fully saturated rings. The highest BCUT2D eigenvalue weighted by atomic mass is 16.7. The largest absolute Gasteiger partial charge is 0.354 e. The van der Waals surface area contributed by atoms with Crippen LogP contribution in [0.25, 0.3) is 0 Å². The highest BCUT2D eigenvalue weighted by molar-refractivity contribution is 5.94. The number of ether oxygens (including phenoxy) is 2. The molecule has 5 heteroatoms. The monoisotopic (exact) mass is 250 g/mol. The minimum absolute atomic E-state index is 0.0344. The second-order valence-electron chi connectivity index (χ2n) is 4.28. The second-order valence-corrected chi connectivity index (χ2v) is 4.28. The van der Waals surface area contributed by atoms with E-state index in [2.05, 4.69) is 0 Å². The maximum atomic E-state index is 12.2. The fourth-order valence-corrected chi connectivity index (χ4v) is 2.11. The molecule has 0 atom stereocenters. The van der Waals surface area contributed by atoms with E-state index in [4.69, 9.17) is 9.47 Å². The Balaban J connectivity index is 2.29. The quantitative estimate of drug-likeness (QED) is 0.763. The Labute approximate surface area is 107 Å². The SMILES string of the molecule is COC(CN1C(=O)N(C)Cc2ccccc21)OC. The highest BCUT2D eigenvalue weighted by Gasteiger charge is 2.29. The zero-order valence-corrected chi connectivity index (χ0v) is 10.9. The number of rotatable bonds is 4. The van der Waals surface area contributed by atoms with E-state index in [9.17, 15) is 4.79 Å². The first-order valence-corrected chi connectivity index (χ1v) is 5.83. The minimum Gasteiger partial charge on any atom is -0.354 e. The minimum atomic E-state index is -0.423. The number of para-hydroxylation sites is 1. The van der Waals surface area contributed by atoms with E-state index in [0.29, 0.717) is 13.1 Å². The van der Waals surface area contributed by atoms with Gasteiger partial charge in [-0.3, -0.25) is 4.90 Å². The van der Waals surface area contributed by atoms with Crippen LogP contribution in [0.3, 0.4) is 0 Å². The molecule has 1 heterocycles. The lowest BCUT2D eigenvalue weighted by Gasteiger charge is -2.36. The fraction of sp³-hybridized carbons (Fsp3) is 0.462. The highest BCUT2D eigenvalue weighted by Crippen LogP contribution is 2.27. The van der Waals surface area contributed by atoms with E-state index in [0.717, 1.165) is 11.3 Å². The van der Waals surface area contributed by atoms with Gasteiger partial charge in [-0.15, -0.1) is 0 Å². The lowest BCUT2D eigenvalue weighted by molar-refractivity contribution is -0.0943. The van der Waals surface area contributed by atoms with Crippen molar-refractivity contribution in [3.05, 3.63) is 29.8 Å². The van der Waals surface area contributed by atoms with E-state index < -0.39 is 6.29 Å². The molecule has 1 aliphatic rings. The summed E-state index contributed by atoms with van der Waals surface area (Å²) in [5.41, 5.74) is 2.06. The molecule has 98 valence electrons. The zero-order chi connectivity index (χ0) is 13.1. The molecule has 0 saturated carbocycles.